The number of hydrogen-bond acceptors (Lipinski definition) is 2. The van der Waals surface area contributed by atoms with Crippen LogP contribution in [0.1, 0.15) is 17.5 Å². The first-order valence-electron chi connectivity index (χ1n) is 7.01. The second-order valence-electron chi connectivity index (χ2n) is 5.02. The van der Waals surface area contributed by atoms with Crippen molar-refractivity contribution in [1.82, 2.24) is 0 Å². The molecule has 20 heavy (non-hydrogen) atoms. The average molecular weight is 268 g/mol. The topological polar surface area (TPSA) is 37.3 Å². The van der Waals surface area contributed by atoms with E-state index in [0.29, 0.717) is 12.8 Å². The summed E-state index contributed by atoms with van der Waals surface area (Å²) in [6, 6.07) is 19.8. The van der Waals surface area contributed by atoms with Gasteiger partial charge < -0.3 is 5.11 Å². The molecule has 2 aromatic rings. The Bertz CT molecular complexity index is 520. The van der Waals surface area contributed by atoms with E-state index < -0.39 is 0 Å². The Morgan fingerprint density at radius 3 is 2.00 bits per heavy atom. The Labute approximate surface area is 120 Å². The van der Waals surface area contributed by atoms with Crippen molar-refractivity contribution in [2.45, 2.75) is 19.3 Å². The molecule has 0 fully saturated rings. The van der Waals surface area contributed by atoms with Crippen molar-refractivity contribution in [1.29, 1.82) is 0 Å². The van der Waals surface area contributed by atoms with Gasteiger partial charge in [-0.3, -0.25) is 4.79 Å². The van der Waals surface area contributed by atoms with Crippen LogP contribution in [0, 0.1) is 5.92 Å². The summed E-state index contributed by atoms with van der Waals surface area (Å²) in [5.41, 5.74) is 2.26. The maximum Gasteiger partial charge on any atom is 0.138 e. The first kappa shape index (κ1) is 14.5. The molecule has 0 spiro atoms. The normalized spacial score (nSPS) is 12.1. The lowest BCUT2D eigenvalue weighted by Crippen LogP contribution is -2.21. The van der Waals surface area contributed by atoms with E-state index in [-0.39, 0.29) is 18.3 Å². The van der Waals surface area contributed by atoms with E-state index in [4.69, 9.17) is 0 Å². The number of carbonyl (C=O) groups is 1. The quantitative estimate of drug-likeness (QED) is 0.838. The minimum atomic E-state index is -0.291. The molecule has 1 N–H and O–H groups in total. The molecule has 2 aromatic carbocycles. The maximum atomic E-state index is 12.2. The minimum Gasteiger partial charge on any atom is -0.396 e. The van der Waals surface area contributed by atoms with Crippen LogP contribution in [0.15, 0.2) is 60.7 Å². The fraction of sp³-hybridized carbons (Fsp3) is 0.278. The summed E-state index contributed by atoms with van der Waals surface area (Å²) in [5, 5.41) is 9.43. The minimum absolute atomic E-state index is 0.0808. The molecule has 1 atom stereocenters. The highest BCUT2D eigenvalue weighted by molar-refractivity contribution is 5.81. The van der Waals surface area contributed by atoms with Gasteiger partial charge in [0.15, 0.2) is 0 Å². The maximum absolute atomic E-state index is 12.2. The molecule has 2 rings (SSSR count). The summed E-state index contributed by atoms with van der Waals surface area (Å²) in [7, 11) is 0. The predicted octanol–water partition coefficient (Wildman–Crippen LogP) is 3.04. The van der Waals surface area contributed by atoms with Crippen molar-refractivity contribution in [2.24, 2.45) is 5.92 Å². The summed E-state index contributed by atoms with van der Waals surface area (Å²) in [6.45, 7) is -0.0808. The van der Waals surface area contributed by atoms with E-state index in [1.165, 1.54) is 0 Å². The number of aryl methyl sites for hydroxylation is 1. The van der Waals surface area contributed by atoms with Gasteiger partial charge in [0.25, 0.3) is 0 Å². The van der Waals surface area contributed by atoms with Crippen LogP contribution >= 0.6 is 0 Å². The van der Waals surface area contributed by atoms with Crippen LogP contribution in [0.2, 0.25) is 0 Å². The molecule has 104 valence electrons. The van der Waals surface area contributed by atoms with Gasteiger partial charge in [-0.25, -0.2) is 0 Å². The Morgan fingerprint density at radius 1 is 0.900 bits per heavy atom. The Balaban J connectivity index is 1.89. The van der Waals surface area contributed by atoms with Crippen LogP contribution in [-0.4, -0.2) is 17.5 Å². The third-order valence-electron chi connectivity index (χ3n) is 3.50. The van der Waals surface area contributed by atoms with E-state index in [9.17, 15) is 9.90 Å². The number of rotatable bonds is 7. The second-order valence-corrected chi connectivity index (χ2v) is 5.02. The largest absolute Gasteiger partial charge is 0.396 e. The zero-order valence-electron chi connectivity index (χ0n) is 11.5. The van der Waals surface area contributed by atoms with Crippen molar-refractivity contribution >= 4 is 5.78 Å². The molecule has 0 radical (unpaired) electrons. The summed E-state index contributed by atoms with van der Waals surface area (Å²) < 4.78 is 0. The smallest absolute Gasteiger partial charge is 0.138 e. The summed E-state index contributed by atoms with van der Waals surface area (Å²) in [4.78, 5) is 12.2. The van der Waals surface area contributed by atoms with Crippen LogP contribution in [0.5, 0.6) is 0 Å². The van der Waals surface area contributed by atoms with Crippen molar-refractivity contribution < 1.29 is 9.90 Å². The number of benzene rings is 2. The molecular weight excluding hydrogens is 248 g/mol. The van der Waals surface area contributed by atoms with Gasteiger partial charge in [-0.1, -0.05) is 60.7 Å². The highest BCUT2D eigenvalue weighted by Crippen LogP contribution is 2.13. The number of Topliss-reactive ketones (excluding diaryl/α,β-unsaturated/α-hetero) is 1. The van der Waals surface area contributed by atoms with Crippen LogP contribution in [0.3, 0.4) is 0 Å². The van der Waals surface area contributed by atoms with E-state index in [2.05, 4.69) is 0 Å². The van der Waals surface area contributed by atoms with Gasteiger partial charge in [0.05, 0.1) is 6.61 Å². The van der Waals surface area contributed by atoms with Crippen LogP contribution in [0.25, 0.3) is 0 Å². The number of aliphatic hydroxyl groups is 1. The molecule has 0 heterocycles. The predicted molar refractivity (Wildman–Crippen MR) is 80.5 cm³/mol. The Hall–Kier alpha value is -1.93. The van der Waals surface area contributed by atoms with Gasteiger partial charge in [-0.15, -0.1) is 0 Å². The lowest BCUT2D eigenvalue weighted by atomic mass is 9.92. The first-order chi connectivity index (χ1) is 9.79. The molecule has 0 aromatic heterocycles. The Morgan fingerprint density at radius 2 is 1.45 bits per heavy atom. The highest BCUT2D eigenvalue weighted by Gasteiger charge is 2.17. The van der Waals surface area contributed by atoms with Crippen molar-refractivity contribution in [3.05, 3.63) is 71.8 Å². The first-order valence-corrected chi connectivity index (χ1v) is 7.01. The molecule has 0 bridgehead atoms. The molecule has 0 aliphatic heterocycles. The van der Waals surface area contributed by atoms with Gasteiger partial charge in [-0.2, -0.15) is 0 Å². The van der Waals surface area contributed by atoms with Gasteiger partial charge in [-0.05, 0) is 24.0 Å². The summed E-state index contributed by atoms with van der Waals surface area (Å²) in [5.74, 6) is -0.152. The van der Waals surface area contributed by atoms with E-state index in [0.717, 1.165) is 17.5 Å². The number of hydrogen-bond donors (Lipinski definition) is 1. The molecule has 0 saturated carbocycles. The lowest BCUT2D eigenvalue weighted by Gasteiger charge is -2.13. The van der Waals surface area contributed by atoms with E-state index in [1.54, 1.807) is 0 Å². The highest BCUT2D eigenvalue weighted by atomic mass is 16.3. The zero-order chi connectivity index (χ0) is 14.2. The van der Waals surface area contributed by atoms with E-state index >= 15 is 0 Å². The molecule has 0 amide bonds. The number of aliphatic hydroxyl groups excluding tert-OH is 1. The fourth-order valence-electron chi connectivity index (χ4n) is 2.30. The Kier molecular flexibility index (Phi) is 5.51. The molecular formula is C18H20O2. The zero-order valence-corrected chi connectivity index (χ0v) is 11.5. The number of carbonyl (C=O) groups excluding carboxylic acids is 1. The van der Waals surface area contributed by atoms with Crippen molar-refractivity contribution in [3.8, 4) is 0 Å². The number of ketones is 1. The van der Waals surface area contributed by atoms with Gasteiger partial charge in [0, 0.05) is 12.3 Å². The van der Waals surface area contributed by atoms with Gasteiger partial charge in [0.1, 0.15) is 5.78 Å². The standard InChI is InChI=1S/C18H20O2/c19-14-17(13-16-9-5-2-6-10-16)18(20)12-11-15-7-3-1-4-8-15/h1-10,17,19H,11-14H2. The molecule has 0 aliphatic rings. The third-order valence-corrected chi connectivity index (χ3v) is 3.50. The van der Waals surface area contributed by atoms with Crippen molar-refractivity contribution in [2.75, 3.05) is 6.61 Å². The lowest BCUT2D eigenvalue weighted by molar-refractivity contribution is -0.124. The molecule has 2 heteroatoms. The molecule has 1 unspecified atom stereocenters. The van der Waals surface area contributed by atoms with Gasteiger partial charge in [0.2, 0.25) is 0 Å². The van der Waals surface area contributed by atoms with Gasteiger partial charge >= 0.3 is 0 Å². The van der Waals surface area contributed by atoms with Crippen molar-refractivity contribution in [3.63, 3.8) is 0 Å². The average Bonchev–Trinajstić information content (AvgIpc) is 2.52. The monoisotopic (exact) mass is 268 g/mol. The summed E-state index contributed by atoms with van der Waals surface area (Å²) in [6.07, 6.45) is 1.85. The molecule has 0 aliphatic carbocycles. The molecule has 2 nitrogen and oxygen atoms in total. The van der Waals surface area contributed by atoms with Crippen LogP contribution in [0.4, 0.5) is 0 Å². The SMILES string of the molecule is O=C(CCc1ccccc1)C(CO)Cc1ccccc1. The van der Waals surface area contributed by atoms with E-state index in [1.807, 2.05) is 60.7 Å². The fourth-order valence-corrected chi connectivity index (χ4v) is 2.30. The van der Waals surface area contributed by atoms with Crippen LogP contribution in [-0.2, 0) is 17.6 Å². The summed E-state index contributed by atoms with van der Waals surface area (Å²) >= 11 is 0. The van der Waals surface area contributed by atoms with Crippen LogP contribution < -0.4 is 0 Å². The second kappa shape index (κ2) is 7.61. The molecule has 0 saturated heterocycles. The third kappa shape index (κ3) is 4.32.